The monoisotopic (exact) mass is 311 g/mol. The normalized spacial score (nSPS) is 28.3. The molecule has 0 saturated carbocycles. The molecule has 6 heteroatoms. The number of nitrogens with one attached hydrogen (secondary N) is 1. The van der Waals surface area contributed by atoms with Gasteiger partial charge in [0.05, 0.1) is 5.54 Å². The summed E-state index contributed by atoms with van der Waals surface area (Å²) in [6.45, 7) is 7.38. The molecule has 2 atom stereocenters. The molecule has 2 unspecified atom stereocenters. The second-order valence-corrected chi connectivity index (χ2v) is 7.80. The van der Waals surface area contributed by atoms with E-state index in [-0.39, 0.29) is 0 Å². The molecule has 0 saturated heterocycles. The second kappa shape index (κ2) is 5.40. The van der Waals surface area contributed by atoms with Crippen molar-refractivity contribution in [2.45, 2.75) is 56.9 Å². The van der Waals surface area contributed by atoms with Crippen molar-refractivity contribution < 1.29 is 19.4 Å². The maximum atomic E-state index is 11.9. The first-order chi connectivity index (χ1) is 9.58. The average molecular weight is 311 g/mol. The van der Waals surface area contributed by atoms with Crippen molar-refractivity contribution in [3.63, 3.8) is 0 Å². The predicted octanol–water partition coefficient (Wildman–Crippen LogP) is 3.07. The Balaban J connectivity index is 2.08. The summed E-state index contributed by atoms with van der Waals surface area (Å²) < 4.78 is 5.28. The molecule has 0 radical (unpaired) electrons. The summed E-state index contributed by atoms with van der Waals surface area (Å²) in [6.07, 6.45) is 4.78. The minimum Gasteiger partial charge on any atom is -0.480 e. The van der Waals surface area contributed by atoms with Crippen LogP contribution in [-0.4, -0.2) is 33.6 Å². The van der Waals surface area contributed by atoms with E-state index in [2.05, 4.69) is 5.32 Å². The average Bonchev–Trinajstić information content (AvgIpc) is 2.67. The van der Waals surface area contributed by atoms with Gasteiger partial charge in [0, 0.05) is 4.91 Å². The highest BCUT2D eigenvalue weighted by atomic mass is 32.2. The molecule has 116 valence electrons. The second-order valence-electron chi connectivity index (χ2n) is 6.62. The third-order valence-corrected chi connectivity index (χ3v) is 4.54. The van der Waals surface area contributed by atoms with Crippen LogP contribution >= 0.6 is 11.8 Å². The Hall–Kier alpha value is -1.43. The van der Waals surface area contributed by atoms with Crippen LogP contribution in [-0.2, 0) is 9.53 Å². The number of allylic oxidation sites excluding steroid dienone is 1. The number of amides is 1. The van der Waals surface area contributed by atoms with Gasteiger partial charge >= 0.3 is 12.1 Å². The number of carboxylic acid groups (broad SMARTS) is 1. The van der Waals surface area contributed by atoms with E-state index in [9.17, 15) is 9.59 Å². The van der Waals surface area contributed by atoms with Crippen LogP contribution in [0.15, 0.2) is 22.6 Å². The van der Waals surface area contributed by atoms with Crippen molar-refractivity contribution in [2.75, 3.05) is 0 Å². The number of rotatable bonds is 2. The summed E-state index contributed by atoms with van der Waals surface area (Å²) >= 11 is 1.32. The van der Waals surface area contributed by atoms with Crippen LogP contribution in [0.1, 0.15) is 40.5 Å². The number of hydrogen-bond donors (Lipinski definition) is 2. The van der Waals surface area contributed by atoms with Gasteiger partial charge in [-0.25, -0.2) is 4.79 Å². The molecular weight excluding hydrogens is 290 g/mol. The van der Waals surface area contributed by atoms with E-state index in [4.69, 9.17) is 9.84 Å². The van der Waals surface area contributed by atoms with Gasteiger partial charge in [-0.15, -0.1) is 11.8 Å². The first-order valence-electron chi connectivity index (χ1n) is 6.93. The maximum Gasteiger partial charge on any atom is 0.408 e. The van der Waals surface area contributed by atoms with Crippen molar-refractivity contribution in [2.24, 2.45) is 0 Å². The number of ether oxygens (including phenoxy) is 1. The molecule has 0 aromatic carbocycles. The van der Waals surface area contributed by atoms with Crippen molar-refractivity contribution in [1.82, 2.24) is 5.32 Å². The van der Waals surface area contributed by atoms with Gasteiger partial charge in [-0.3, -0.25) is 4.79 Å². The molecule has 0 aromatic heterocycles. The number of alkyl carbamates (subject to hydrolysis) is 1. The molecule has 1 aliphatic heterocycles. The van der Waals surface area contributed by atoms with Crippen LogP contribution in [0.4, 0.5) is 4.79 Å². The summed E-state index contributed by atoms with van der Waals surface area (Å²) in [7, 11) is 0. The fraction of sp³-hybridized carbons (Fsp3) is 0.600. The highest BCUT2D eigenvalue weighted by Gasteiger charge is 2.36. The Morgan fingerprint density at radius 3 is 2.71 bits per heavy atom. The molecule has 2 rings (SSSR count). The van der Waals surface area contributed by atoms with Crippen LogP contribution in [0.2, 0.25) is 0 Å². The zero-order chi connectivity index (χ0) is 15.8. The summed E-state index contributed by atoms with van der Waals surface area (Å²) in [6, 6.07) is 0. The number of carboxylic acids is 1. The minimum atomic E-state index is -0.829. The Morgan fingerprint density at radius 2 is 2.14 bits per heavy atom. The highest BCUT2D eigenvalue weighted by molar-refractivity contribution is 8.05. The van der Waals surface area contributed by atoms with Crippen molar-refractivity contribution in [1.29, 1.82) is 0 Å². The number of carbonyl (C=O) groups is 2. The Morgan fingerprint density at radius 1 is 1.48 bits per heavy atom. The van der Waals surface area contributed by atoms with Gasteiger partial charge in [-0.05, 0) is 52.2 Å². The molecule has 0 aromatic rings. The van der Waals surface area contributed by atoms with Crippen molar-refractivity contribution in [3.05, 3.63) is 22.6 Å². The number of fused-ring (bicyclic) bond motifs is 1. The lowest BCUT2D eigenvalue weighted by Crippen LogP contribution is -2.47. The summed E-state index contributed by atoms with van der Waals surface area (Å²) in [4.78, 5) is 23.9. The van der Waals surface area contributed by atoms with Crippen molar-refractivity contribution in [3.8, 4) is 0 Å². The van der Waals surface area contributed by atoms with E-state index >= 15 is 0 Å². The SMILES string of the molecule is CC1(NC(=O)OC(C)(C)C)C=C2SC(C(=O)O)C=C2CC1. The predicted molar refractivity (Wildman–Crippen MR) is 82.2 cm³/mol. The molecule has 0 spiro atoms. The summed E-state index contributed by atoms with van der Waals surface area (Å²) in [5.41, 5.74) is 0.0232. The van der Waals surface area contributed by atoms with Gasteiger partial charge in [0.15, 0.2) is 0 Å². The van der Waals surface area contributed by atoms with E-state index < -0.39 is 28.5 Å². The molecule has 0 fully saturated rings. The topological polar surface area (TPSA) is 75.6 Å². The van der Waals surface area contributed by atoms with Crippen molar-refractivity contribution >= 4 is 23.8 Å². The Bertz CT molecular complexity index is 532. The summed E-state index contributed by atoms with van der Waals surface area (Å²) in [5.74, 6) is -0.829. The highest BCUT2D eigenvalue weighted by Crippen LogP contribution is 2.44. The number of aliphatic carboxylic acids is 1. The quantitative estimate of drug-likeness (QED) is 0.819. The zero-order valence-corrected chi connectivity index (χ0v) is 13.5. The van der Waals surface area contributed by atoms with Gasteiger partial charge in [0.1, 0.15) is 10.9 Å². The standard InChI is InChI=1S/C15H21NO4S/c1-14(2,3)20-13(19)16-15(4)6-5-9-7-10(12(17)18)21-11(9)8-15/h7-8,10H,5-6H2,1-4H3,(H,16,19)(H,17,18). The molecule has 2 N–H and O–H groups in total. The maximum absolute atomic E-state index is 11.9. The molecule has 1 aliphatic carbocycles. The molecule has 1 heterocycles. The van der Waals surface area contributed by atoms with Crippen LogP contribution in [0.5, 0.6) is 0 Å². The molecule has 0 bridgehead atoms. The lowest BCUT2D eigenvalue weighted by atomic mass is 9.86. The van der Waals surface area contributed by atoms with Crippen LogP contribution < -0.4 is 5.32 Å². The summed E-state index contributed by atoms with van der Waals surface area (Å²) in [5, 5.41) is 11.4. The third kappa shape index (κ3) is 4.03. The van der Waals surface area contributed by atoms with Crippen LogP contribution in [0.25, 0.3) is 0 Å². The Labute approximate surface area is 128 Å². The van der Waals surface area contributed by atoms with Gasteiger partial charge in [0.25, 0.3) is 0 Å². The van der Waals surface area contributed by atoms with Gasteiger partial charge in [-0.1, -0.05) is 6.08 Å². The van der Waals surface area contributed by atoms with Crippen LogP contribution in [0, 0.1) is 0 Å². The molecule has 2 aliphatic rings. The molecule has 21 heavy (non-hydrogen) atoms. The lowest BCUT2D eigenvalue weighted by Gasteiger charge is -2.33. The van der Waals surface area contributed by atoms with E-state index in [1.165, 1.54) is 11.8 Å². The third-order valence-electron chi connectivity index (χ3n) is 3.32. The zero-order valence-electron chi connectivity index (χ0n) is 12.7. The van der Waals surface area contributed by atoms with E-state index in [0.717, 1.165) is 23.3 Å². The van der Waals surface area contributed by atoms with Gasteiger partial charge in [-0.2, -0.15) is 0 Å². The Kier molecular flexibility index (Phi) is 4.10. The first-order valence-corrected chi connectivity index (χ1v) is 7.80. The molecule has 1 amide bonds. The number of thioether (sulfide) groups is 1. The van der Waals surface area contributed by atoms with Crippen LogP contribution in [0.3, 0.4) is 0 Å². The lowest BCUT2D eigenvalue weighted by molar-refractivity contribution is -0.135. The molecule has 5 nitrogen and oxygen atoms in total. The minimum absolute atomic E-state index is 0.452. The number of carbonyl (C=O) groups excluding carboxylic acids is 1. The van der Waals surface area contributed by atoms with E-state index in [0.29, 0.717) is 0 Å². The van der Waals surface area contributed by atoms with Gasteiger partial charge < -0.3 is 15.2 Å². The fourth-order valence-electron chi connectivity index (χ4n) is 2.36. The van der Waals surface area contributed by atoms with E-state index in [1.54, 1.807) is 6.08 Å². The fourth-order valence-corrected chi connectivity index (χ4v) is 3.61. The largest absolute Gasteiger partial charge is 0.480 e. The first kappa shape index (κ1) is 15.9. The molecular formula is C15H21NO4S. The number of hydrogen-bond acceptors (Lipinski definition) is 4. The van der Waals surface area contributed by atoms with Gasteiger partial charge in [0.2, 0.25) is 0 Å². The smallest absolute Gasteiger partial charge is 0.408 e. The van der Waals surface area contributed by atoms with E-state index in [1.807, 2.05) is 33.8 Å².